The van der Waals surface area contributed by atoms with Gasteiger partial charge in [-0.1, -0.05) is 12.8 Å². The molecule has 4 fully saturated rings. The van der Waals surface area contributed by atoms with Gasteiger partial charge in [0, 0.05) is 12.6 Å². The van der Waals surface area contributed by atoms with Crippen molar-refractivity contribution in [2.45, 2.75) is 49.4 Å². The van der Waals surface area contributed by atoms with Gasteiger partial charge in [0.05, 0.1) is 16.8 Å². The molecule has 2 saturated heterocycles. The molecule has 0 aromatic carbocycles. The summed E-state index contributed by atoms with van der Waals surface area (Å²) in [6, 6.07) is -0.184. The first kappa shape index (κ1) is 14.2. The number of carbonyl (C=O) groups is 1. The van der Waals surface area contributed by atoms with Crippen molar-refractivity contribution in [3.63, 3.8) is 0 Å². The normalized spacial score (nSPS) is 48.9. The van der Waals surface area contributed by atoms with Crippen LogP contribution in [0.2, 0.25) is 0 Å². The summed E-state index contributed by atoms with van der Waals surface area (Å²) in [5.74, 6) is 2.11. The minimum Gasteiger partial charge on any atom is -0.336 e. The second-order valence-electron chi connectivity index (χ2n) is 7.77. The number of hydrogen-bond acceptors (Lipinski definition) is 3. The Morgan fingerprint density at radius 3 is 2.48 bits per heavy atom. The van der Waals surface area contributed by atoms with Crippen molar-refractivity contribution in [3.05, 3.63) is 0 Å². The number of likely N-dealkylation sites (N-methyl/N-ethyl adjacent to an activating group) is 1. The fourth-order valence-electron chi connectivity index (χ4n) is 4.98. The Bertz CT molecular complexity index is 539. The highest BCUT2D eigenvalue weighted by Gasteiger charge is 2.60. The van der Waals surface area contributed by atoms with Gasteiger partial charge < -0.3 is 14.8 Å². The van der Waals surface area contributed by atoms with Crippen LogP contribution in [0.5, 0.6) is 0 Å². The van der Waals surface area contributed by atoms with Crippen molar-refractivity contribution >= 4 is 15.3 Å². The molecule has 2 aliphatic heterocycles. The van der Waals surface area contributed by atoms with E-state index in [0.717, 1.165) is 24.7 Å². The first-order chi connectivity index (χ1) is 9.88. The van der Waals surface area contributed by atoms with E-state index in [2.05, 4.69) is 5.32 Å². The van der Waals surface area contributed by atoms with Crippen LogP contribution >= 0.6 is 0 Å². The summed E-state index contributed by atoms with van der Waals surface area (Å²) < 4.78 is 23.2. The molecule has 21 heavy (non-hydrogen) atoms. The minimum absolute atomic E-state index is 0.0545. The van der Waals surface area contributed by atoms with E-state index in [1.807, 2.05) is 4.90 Å². The number of fused-ring (bicyclic) bond motifs is 3. The molecule has 6 heteroatoms. The lowest BCUT2D eigenvalue weighted by Gasteiger charge is -2.38. The van der Waals surface area contributed by atoms with Crippen molar-refractivity contribution in [1.29, 1.82) is 0 Å². The van der Waals surface area contributed by atoms with Crippen LogP contribution in [0, 0.1) is 11.8 Å². The second kappa shape index (κ2) is 4.30. The van der Waals surface area contributed by atoms with E-state index < -0.39 is 15.4 Å². The molecule has 4 rings (SSSR count). The topological polar surface area (TPSA) is 69.6 Å². The number of amides is 1. The lowest BCUT2D eigenvalue weighted by molar-refractivity contribution is -0.136. The molecular formula is C15H26N2O3S. The highest BCUT2D eigenvalue weighted by atomic mass is 32.3. The SMILES string of the molecule is CNC1CS2(=O)(O)CC2CN(C2CC3CCC(C3)C2)C1=O. The summed E-state index contributed by atoms with van der Waals surface area (Å²) in [5.41, 5.74) is 0. The van der Waals surface area contributed by atoms with E-state index in [1.54, 1.807) is 7.05 Å². The lowest BCUT2D eigenvalue weighted by atomic mass is 9.84. The third-order valence-electron chi connectivity index (χ3n) is 6.34. The van der Waals surface area contributed by atoms with Gasteiger partial charge in [0.2, 0.25) is 5.91 Å². The van der Waals surface area contributed by atoms with Crippen molar-refractivity contribution in [2.75, 3.05) is 25.1 Å². The number of hydrogen-bond donors (Lipinski definition) is 2. The predicted octanol–water partition coefficient (Wildman–Crippen LogP) is 0.671. The molecule has 2 aliphatic carbocycles. The van der Waals surface area contributed by atoms with E-state index >= 15 is 0 Å². The van der Waals surface area contributed by atoms with E-state index in [1.165, 1.54) is 19.3 Å². The Morgan fingerprint density at radius 1 is 1.19 bits per heavy atom. The van der Waals surface area contributed by atoms with Crippen molar-refractivity contribution < 1.29 is 13.6 Å². The van der Waals surface area contributed by atoms with Gasteiger partial charge >= 0.3 is 0 Å². The maximum Gasteiger partial charge on any atom is 0.241 e. The molecule has 2 bridgehead atoms. The van der Waals surface area contributed by atoms with E-state index in [9.17, 15) is 13.6 Å². The predicted molar refractivity (Wildman–Crippen MR) is 82.7 cm³/mol. The highest BCUT2D eigenvalue weighted by Crippen LogP contribution is 2.49. The van der Waals surface area contributed by atoms with Crippen LogP contribution < -0.4 is 5.32 Å². The number of carbonyl (C=O) groups excluding carboxylic acids is 1. The standard InChI is InChI=1S/C15H26N2O3S/c1-16-14-9-21(19,20)8-13(21)7-17(15(14)18)12-5-10-2-3-11(4-10)6-12/h10-14,16H,2-9H2,1H3,(H,19,20). The summed E-state index contributed by atoms with van der Waals surface area (Å²) in [6.07, 6.45) is 6.15. The summed E-state index contributed by atoms with van der Waals surface area (Å²) in [6.45, 7) is 0.503. The number of rotatable bonds is 2. The first-order valence-electron chi connectivity index (χ1n) is 8.23. The molecule has 0 aromatic rings. The Hall–Kier alpha value is -0.460. The zero-order valence-corrected chi connectivity index (χ0v) is 13.5. The largest absolute Gasteiger partial charge is 0.336 e. The zero-order valence-electron chi connectivity index (χ0n) is 12.7. The zero-order chi connectivity index (χ0) is 14.9. The third kappa shape index (κ3) is 2.18. The number of nitrogens with one attached hydrogen (secondary N) is 1. The van der Waals surface area contributed by atoms with Gasteiger partial charge in [-0.15, -0.1) is 0 Å². The van der Waals surface area contributed by atoms with Gasteiger partial charge in [-0.25, -0.2) is 4.21 Å². The van der Waals surface area contributed by atoms with Crippen LogP contribution in [0.25, 0.3) is 0 Å². The molecule has 2 heterocycles. The van der Waals surface area contributed by atoms with Crippen LogP contribution in [-0.4, -0.2) is 62.0 Å². The second-order valence-corrected chi connectivity index (χ2v) is 11.7. The average molecular weight is 314 g/mol. The van der Waals surface area contributed by atoms with E-state index in [4.69, 9.17) is 0 Å². The Labute approximate surface area is 126 Å². The van der Waals surface area contributed by atoms with Crippen LogP contribution in [0.1, 0.15) is 32.1 Å². The maximum atomic E-state index is 12.8. The van der Waals surface area contributed by atoms with Crippen molar-refractivity contribution in [1.82, 2.24) is 10.2 Å². The molecule has 4 atom stereocenters. The fraction of sp³-hybridized carbons (Fsp3) is 0.933. The molecule has 4 aliphatic rings. The van der Waals surface area contributed by atoms with Gasteiger partial charge in [0.15, 0.2) is 0 Å². The minimum atomic E-state index is -3.51. The van der Waals surface area contributed by atoms with E-state index in [0.29, 0.717) is 18.3 Å². The molecule has 0 radical (unpaired) electrons. The van der Waals surface area contributed by atoms with Crippen LogP contribution in [0.15, 0.2) is 0 Å². The monoisotopic (exact) mass is 314 g/mol. The molecule has 0 spiro atoms. The van der Waals surface area contributed by atoms with Crippen LogP contribution in [0.3, 0.4) is 0 Å². The summed E-state index contributed by atoms with van der Waals surface area (Å²) in [7, 11) is -1.79. The molecule has 120 valence electrons. The van der Waals surface area contributed by atoms with Gasteiger partial charge in [0.1, 0.15) is 6.04 Å². The molecule has 1 amide bonds. The average Bonchev–Trinajstić information content (AvgIpc) is 2.87. The van der Waals surface area contributed by atoms with Gasteiger partial charge in [-0.2, -0.15) is 9.35 Å². The Morgan fingerprint density at radius 2 is 1.86 bits per heavy atom. The Kier molecular flexibility index (Phi) is 2.90. The summed E-state index contributed by atoms with van der Waals surface area (Å²) in [4.78, 5) is 14.8. The molecule has 2 saturated carbocycles. The molecule has 2 N–H and O–H groups in total. The molecular weight excluding hydrogens is 288 g/mol. The van der Waals surface area contributed by atoms with Crippen molar-refractivity contribution in [3.8, 4) is 0 Å². The van der Waals surface area contributed by atoms with Gasteiger partial charge in [-0.05, 0) is 38.1 Å². The summed E-state index contributed by atoms with van der Waals surface area (Å²) in [5, 5.41) is 2.81. The highest BCUT2D eigenvalue weighted by molar-refractivity contribution is 8.22. The smallest absolute Gasteiger partial charge is 0.241 e. The van der Waals surface area contributed by atoms with E-state index in [-0.39, 0.29) is 16.9 Å². The molecule has 5 nitrogen and oxygen atoms in total. The maximum absolute atomic E-state index is 12.8. The van der Waals surface area contributed by atoms with Crippen LogP contribution in [0.4, 0.5) is 0 Å². The lowest BCUT2D eigenvalue weighted by Crippen LogP contribution is -2.52. The first-order valence-corrected chi connectivity index (χ1v) is 10.6. The molecule has 0 aromatic heterocycles. The fourth-order valence-corrected chi connectivity index (χ4v) is 8.37. The number of nitrogens with zero attached hydrogens (tertiary/aromatic N) is 1. The summed E-state index contributed by atoms with van der Waals surface area (Å²) >= 11 is 0. The van der Waals surface area contributed by atoms with Gasteiger partial charge in [0.25, 0.3) is 0 Å². The van der Waals surface area contributed by atoms with Gasteiger partial charge in [-0.3, -0.25) is 4.79 Å². The van der Waals surface area contributed by atoms with Crippen molar-refractivity contribution in [2.24, 2.45) is 11.8 Å². The third-order valence-corrected chi connectivity index (χ3v) is 9.90. The Balaban J connectivity index is 1.59. The molecule has 4 unspecified atom stereocenters. The van der Waals surface area contributed by atoms with Crippen LogP contribution in [-0.2, 0) is 14.1 Å². The quantitative estimate of drug-likeness (QED) is 0.735.